The van der Waals surface area contributed by atoms with Crippen LogP contribution in [0.25, 0.3) is 33.2 Å². The van der Waals surface area contributed by atoms with E-state index in [2.05, 4.69) is 13.8 Å². The maximum Gasteiger partial charge on any atom is 2.00 e. The van der Waals surface area contributed by atoms with Gasteiger partial charge in [0.1, 0.15) is 0 Å². The third kappa shape index (κ3) is 4.56. The van der Waals surface area contributed by atoms with E-state index in [0.717, 1.165) is 68.1 Å². The molecule has 3 aromatic rings. The summed E-state index contributed by atoms with van der Waals surface area (Å²) >= 11 is 0. The van der Waals surface area contributed by atoms with Crippen LogP contribution in [0.15, 0.2) is 18.2 Å². The van der Waals surface area contributed by atoms with Crippen LogP contribution in [0.4, 0.5) is 0 Å². The molecule has 0 fully saturated rings. The summed E-state index contributed by atoms with van der Waals surface area (Å²) in [5.41, 5.74) is 12.0. The Hall–Kier alpha value is -3.55. The van der Waals surface area contributed by atoms with Crippen molar-refractivity contribution in [3.8, 4) is 0 Å². The van der Waals surface area contributed by atoms with E-state index in [0.29, 0.717) is 28.5 Å². The molecule has 0 saturated carbocycles. The van der Waals surface area contributed by atoms with Crippen molar-refractivity contribution in [1.29, 1.82) is 0 Å². The van der Waals surface area contributed by atoms with Crippen molar-refractivity contribution in [2.45, 2.75) is 78.7 Å². The van der Waals surface area contributed by atoms with Crippen LogP contribution in [0.1, 0.15) is 107 Å². The fourth-order valence-corrected chi connectivity index (χ4v) is 6.52. The van der Waals surface area contributed by atoms with Gasteiger partial charge in [-0.2, -0.15) is 0 Å². The van der Waals surface area contributed by atoms with Gasteiger partial charge < -0.3 is 20.2 Å². The van der Waals surface area contributed by atoms with Gasteiger partial charge in [-0.05, 0) is 55.9 Å². The summed E-state index contributed by atoms with van der Waals surface area (Å²) in [4.78, 5) is 44.7. The molecule has 6 rings (SSSR count). The summed E-state index contributed by atoms with van der Waals surface area (Å²) in [6.07, 6.45) is 1.41. The number of allylic oxidation sites excluding steroid dienone is 2. The van der Waals surface area contributed by atoms with Crippen LogP contribution in [0.5, 0.6) is 0 Å². The first-order chi connectivity index (χ1) is 19.1. The number of aromatic nitrogens is 4. The van der Waals surface area contributed by atoms with Gasteiger partial charge in [0, 0.05) is 41.6 Å². The average molecular weight is 595 g/mol. The van der Waals surface area contributed by atoms with Crippen molar-refractivity contribution in [2.75, 3.05) is 0 Å². The number of nitrogens with zero attached hydrogens (tertiary/aromatic N) is 4. The maximum atomic E-state index is 13.3. The Bertz CT molecular complexity index is 1810. The Kier molecular flexibility index (Phi) is 7.56. The van der Waals surface area contributed by atoms with E-state index in [9.17, 15) is 19.8 Å². The number of Topliss-reactive ketones (excluding diaryl/α,β-unsaturated/α-hetero) is 1. The number of hydrogen-bond acceptors (Lipinski definition) is 5. The number of carboxylic acid groups (broad SMARTS) is 1. The molecule has 0 amide bonds. The minimum absolute atomic E-state index is 0. The van der Waals surface area contributed by atoms with Crippen LogP contribution >= 0.6 is 0 Å². The zero-order chi connectivity index (χ0) is 28.5. The van der Waals surface area contributed by atoms with Crippen molar-refractivity contribution in [2.24, 2.45) is 0 Å². The number of aliphatic hydroxyl groups is 1. The van der Waals surface area contributed by atoms with Gasteiger partial charge >= 0.3 is 22.5 Å². The summed E-state index contributed by atoms with van der Waals surface area (Å²) < 4.78 is 0. The van der Waals surface area contributed by atoms with Crippen LogP contribution < -0.4 is 9.97 Å². The van der Waals surface area contributed by atoms with Gasteiger partial charge in [0.25, 0.3) is 0 Å². The minimum Gasteiger partial charge on any atom is -0.657 e. The molecule has 0 aromatic carbocycles. The Morgan fingerprint density at radius 3 is 2.41 bits per heavy atom. The number of aliphatic carboxylic acids is 1. The van der Waals surface area contributed by atoms with E-state index in [1.54, 1.807) is 0 Å². The van der Waals surface area contributed by atoms with Gasteiger partial charge in [-0.1, -0.05) is 43.2 Å². The number of carbonyl (C=O) groups is 2. The summed E-state index contributed by atoms with van der Waals surface area (Å²) in [6.45, 7) is 9.91. The molecular weight excluding hydrogens is 563 g/mol. The third-order valence-electron chi connectivity index (χ3n) is 8.90. The first-order valence-corrected chi connectivity index (χ1v) is 13.8. The Balaban J connectivity index is 0.00000337. The second kappa shape index (κ2) is 10.7. The molecule has 9 heteroatoms. The largest absolute Gasteiger partial charge is 2.00 e. The SMILES string of the molecule is CCC1=C(C)c2cc3[n-]c(cc4nc(c5c6[n-]c(cc1n2)c(C)c6C(=O)C5)[C@@H](CCC(=O)O)[C@@H]4C)c(C)c3CO.[Ni+2]. The topological polar surface area (TPSA) is 129 Å². The van der Waals surface area contributed by atoms with Crippen LogP contribution in [-0.4, -0.2) is 31.9 Å². The smallest absolute Gasteiger partial charge is 0.657 e. The van der Waals surface area contributed by atoms with E-state index >= 15 is 0 Å². The van der Waals surface area contributed by atoms with E-state index in [1.165, 1.54) is 0 Å². The molecule has 5 heterocycles. The molecule has 2 atom stereocenters. The number of carboxylic acids is 1. The molecule has 2 aliphatic heterocycles. The molecule has 0 radical (unpaired) electrons. The molecule has 1 aliphatic carbocycles. The zero-order valence-electron chi connectivity index (χ0n) is 23.7. The number of aryl methyl sites for hydroxylation is 2. The first kappa shape index (κ1) is 29.0. The molecule has 3 aromatic heterocycles. The number of rotatable bonds is 5. The van der Waals surface area contributed by atoms with Gasteiger partial charge in [-0.3, -0.25) is 14.6 Å². The van der Waals surface area contributed by atoms with E-state index < -0.39 is 5.97 Å². The Labute approximate surface area is 248 Å². The van der Waals surface area contributed by atoms with Crippen molar-refractivity contribution in [1.82, 2.24) is 19.9 Å². The number of aliphatic hydroxyl groups excluding tert-OH is 1. The van der Waals surface area contributed by atoms with Crippen molar-refractivity contribution in [3.63, 3.8) is 0 Å². The molecular formula is C32H32N4NiO4. The standard InChI is InChI=1S/C32H34N4O4.Ni/c1-6-18-14(2)23-11-27-21(13-37)16(4)22(34-27)10-24-15(3)19(7-8-29(39)40)31(35-24)20-9-28(38)30-17(5)25(36-32(20)30)12-26(18)33-23;/h10-12,15,19,37H,6-9,13H2,1-5H3,(H3,33,34,35,36,38,39,40);/q;+2/p-2/t15-,19-;/m0./s1. The maximum absolute atomic E-state index is 13.3. The molecule has 41 heavy (non-hydrogen) atoms. The van der Waals surface area contributed by atoms with Crippen molar-refractivity contribution < 1.29 is 36.3 Å². The zero-order valence-corrected chi connectivity index (χ0v) is 24.7. The number of ketones is 1. The molecule has 0 spiro atoms. The van der Waals surface area contributed by atoms with Gasteiger partial charge in [0.05, 0.1) is 18.0 Å². The first-order valence-electron chi connectivity index (χ1n) is 13.8. The van der Waals surface area contributed by atoms with Crippen molar-refractivity contribution >= 4 is 45.0 Å². The summed E-state index contributed by atoms with van der Waals surface area (Å²) in [5, 5.41) is 19.7. The molecule has 0 saturated heterocycles. The van der Waals surface area contributed by atoms with E-state index in [1.807, 2.05) is 39.0 Å². The molecule has 0 unspecified atom stereocenters. The number of carbonyl (C=O) groups excluding carboxylic acids is 1. The van der Waals surface area contributed by atoms with Gasteiger partial charge in [0.2, 0.25) is 0 Å². The van der Waals surface area contributed by atoms with Crippen LogP contribution in [0, 0.1) is 13.8 Å². The summed E-state index contributed by atoms with van der Waals surface area (Å²) in [6, 6.07) is 5.84. The predicted octanol–water partition coefficient (Wildman–Crippen LogP) is 5.51. The average Bonchev–Trinajstić information content (AvgIpc) is 3.65. The minimum atomic E-state index is -0.862. The third-order valence-corrected chi connectivity index (χ3v) is 8.90. The molecule has 2 N–H and O–H groups in total. The fourth-order valence-electron chi connectivity index (χ4n) is 6.52. The number of hydrogen-bond donors (Lipinski definition) is 2. The normalized spacial score (nSPS) is 17.8. The molecule has 8 nitrogen and oxygen atoms in total. The summed E-state index contributed by atoms with van der Waals surface area (Å²) in [5.74, 6) is -1.08. The summed E-state index contributed by atoms with van der Waals surface area (Å²) in [7, 11) is 0. The van der Waals surface area contributed by atoms with Crippen LogP contribution in [-0.2, 0) is 34.3 Å². The second-order valence-corrected chi connectivity index (χ2v) is 11.1. The van der Waals surface area contributed by atoms with Gasteiger partial charge in [0.15, 0.2) is 5.78 Å². The molecule has 8 bridgehead atoms. The van der Waals surface area contributed by atoms with Crippen LogP contribution in [0.2, 0.25) is 0 Å². The van der Waals surface area contributed by atoms with E-state index in [4.69, 9.17) is 19.9 Å². The molecule has 3 aliphatic rings. The fraction of sp³-hybridized carbons (Fsp3) is 0.375. The van der Waals surface area contributed by atoms with Gasteiger partial charge in [-0.25, -0.2) is 4.98 Å². The molecule has 214 valence electrons. The van der Waals surface area contributed by atoms with Gasteiger partial charge in [-0.15, -0.1) is 22.1 Å². The number of fused-ring (bicyclic) bond motifs is 8. The Morgan fingerprint density at radius 2 is 1.73 bits per heavy atom. The Morgan fingerprint density at radius 1 is 1.02 bits per heavy atom. The van der Waals surface area contributed by atoms with Crippen LogP contribution in [0.3, 0.4) is 0 Å². The van der Waals surface area contributed by atoms with Crippen molar-refractivity contribution in [3.05, 3.63) is 68.8 Å². The van der Waals surface area contributed by atoms with E-state index in [-0.39, 0.29) is 53.6 Å². The second-order valence-electron chi connectivity index (χ2n) is 11.1. The predicted molar refractivity (Wildman–Crippen MR) is 153 cm³/mol. The quantitative estimate of drug-likeness (QED) is 0.370. The monoisotopic (exact) mass is 594 g/mol.